The lowest BCUT2D eigenvalue weighted by Gasteiger charge is -2.30. The molecule has 5 nitrogen and oxygen atoms in total. The van der Waals surface area contributed by atoms with Crippen LogP contribution in [0.1, 0.15) is 35.0 Å². The van der Waals surface area contributed by atoms with E-state index in [0.29, 0.717) is 43.2 Å². The van der Waals surface area contributed by atoms with Crippen molar-refractivity contribution < 1.29 is 18.1 Å². The summed E-state index contributed by atoms with van der Waals surface area (Å²) >= 11 is 0. The summed E-state index contributed by atoms with van der Waals surface area (Å²) in [6.07, 6.45) is 1.32. The molecule has 1 amide bonds. The summed E-state index contributed by atoms with van der Waals surface area (Å²) in [7, 11) is 0. The van der Waals surface area contributed by atoms with Gasteiger partial charge in [-0.3, -0.25) is 4.79 Å². The zero-order chi connectivity index (χ0) is 18.8. The van der Waals surface area contributed by atoms with E-state index in [9.17, 15) is 13.6 Å². The Hall–Kier alpha value is -3.09. The molecule has 3 aromatic rings. The minimum Gasteiger partial charge on any atom is -0.339 e. The molecule has 2 heterocycles. The van der Waals surface area contributed by atoms with E-state index >= 15 is 0 Å². The fourth-order valence-electron chi connectivity index (χ4n) is 3.25. The number of benzene rings is 2. The Balaban J connectivity index is 1.42. The van der Waals surface area contributed by atoms with E-state index in [0.717, 1.165) is 0 Å². The molecule has 0 spiro atoms. The van der Waals surface area contributed by atoms with Crippen LogP contribution >= 0.6 is 0 Å². The number of nitrogens with zero attached hydrogens (tertiary/aromatic N) is 3. The van der Waals surface area contributed by atoms with E-state index < -0.39 is 5.82 Å². The Kier molecular flexibility index (Phi) is 4.66. The van der Waals surface area contributed by atoms with Crippen LogP contribution < -0.4 is 0 Å². The second-order valence-electron chi connectivity index (χ2n) is 6.51. The van der Waals surface area contributed by atoms with Crippen LogP contribution in [-0.4, -0.2) is 34.0 Å². The van der Waals surface area contributed by atoms with Crippen molar-refractivity contribution in [3.8, 4) is 11.4 Å². The van der Waals surface area contributed by atoms with Gasteiger partial charge in [-0.05, 0) is 49.2 Å². The first kappa shape index (κ1) is 17.3. The number of carbonyl (C=O) groups is 1. The molecule has 1 aromatic heterocycles. The zero-order valence-corrected chi connectivity index (χ0v) is 14.4. The third kappa shape index (κ3) is 3.58. The van der Waals surface area contributed by atoms with Crippen molar-refractivity contribution >= 4 is 5.91 Å². The lowest BCUT2D eigenvalue weighted by molar-refractivity contribution is 0.0700. The number of hydrogen-bond donors (Lipinski definition) is 0. The van der Waals surface area contributed by atoms with Gasteiger partial charge in [-0.2, -0.15) is 4.98 Å². The molecule has 27 heavy (non-hydrogen) atoms. The summed E-state index contributed by atoms with van der Waals surface area (Å²) in [5.74, 6) is -0.178. The second-order valence-corrected chi connectivity index (χ2v) is 6.51. The molecule has 0 atom stereocenters. The highest BCUT2D eigenvalue weighted by molar-refractivity contribution is 5.94. The summed E-state index contributed by atoms with van der Waals surface area (Å²) in [5.41, 5.74) is 0.769. The molecule has 138 valence electrons. The van der Waals surface area contributed by atoms with E-state index in [4.69, 9.17) is 4.52 Å². The van der Waals surface area contributed by atoms with Gasteiger partial charge < -0.3 is 9.42 Å². The van der Waals surface area contributed by atoms with Gasteiger partial charge in [0.05, 0.1) is 5.56 Å². The predicted molar refractivity (Wildman–Crippen MR) is 94.0 cm³/mol. The number of piperidine rings is 1. The quantitative estimate of drug-likeness (QED) is 0.699. The van der Waals surface area contributed by atoms with Gasteiger partial charge in [0.15, 0.2) is 0 Å². The number of halogens is 2. The highest BCUT2D eigenvalue weighted by Crippen LogP contribution is 2.29. The molecule has 0 aliphatic carbocycles. The summed E-state index contributed by atoms with van der Waals surface area (Å²) in [6, 6.07) is 11.9. The first-order chi connectivity index (χ1) is 13.1. The highest BCUT2D eigenvalue weighted by atomic mass is 19.1. The molecule has 1 saturated heterocycles. The van der Waals surface area contributed by atoms with Crippen LogP contribution in [0.15, 0.2) is 53.1 Å². The van der Waals surface area contributed by atoms with Gasteiger partial charge in [-0.1, -0.05) is 17.3 Å². The Morgan fingerprint density at radius 2 is 1.74 bits per heavy atom. The molecule has 0 saturated carbocycles. The number of likely N-dealkylation sites (tertiary alicyclic amines) is 1. The Labute approximate surface area is 154 Å². The molecule has 0 N–H and O–H groups in total. The lowest BCUT2D eigenvalue weighted by atomic mass is 9.96. The van der Waals surface area contributed by atoms with Crippen molar-refractivity contribution in [3.63, 3.8) is 0 Å². The van der Waals surface area contributed by atoms with Crippen molar-refractivity contribution in [1.82, 2.24) is 15.0 Å². The highest BCUT2D eigenvalue weighted by Gasteiger charge is 2.29. The molecule has 0 unspecified atom stereocenters. The van der Waals surface area contributed by atoms with Crippen molar-refractivity contribution in [1.29, 1.82) is 0 Å². The molecule has 1 fully saturated rings. The summed E-state index contributed by atoms with van der Waals surface area (Å²) in [4.78, 5) is 18.5. The zero-order valence-electron chi connectivity index (χ0n) is 14.4. The van der Waals surface area contributed by atoms with Crippen molar-refractivity contribution in [2.24, 2.45) is 0 Å². The van der Waals surface area contributed by atoms with E-state index in [2.05, 4.69) is 10.1 Å². The average molecular weight is 369 g/mol. The molecule has 2 aromatic carbocycles. The van der Waals surface area contributed by atoms with Gasteiger partial charge in [0, 0.05) is 24.6 Å². The molecule has 0 bridgehead atoms. The predicted octanol–water partition coefficient (Wildman–Crippen LogP) is 4.03. The van der Waals surface area contributed by atoms with E-state index in [1.54, 1.807) is 29.2 Å². The largest absolute Gasteiger partial charge is 0.339 e. The van der Waals surface area contributed by atoms with Gasteiger partial charge in [-0.15, -0.1) is 0 Å². The molecular formula is C20H17F2N3O2. The van der Waals surface area contributed by atoms with Crippen LogP contribution in [0, 0.1) is 11.6 Å². The van der Waals surface area contributed by atoms with Crippen molar-refractivity contribution in [2.45, 2.75) is 18.8 Å². The summed E-state index contributed by atoms with van der Waals surface area (Å²) in [6.45, 7) is 0.984. The number of rotatable bonds is 3. The number of amides is 1. The topological polar surface area (TPSA) is 59.2 Å². The number of carbonyl (C=O) groups excluding carboxylic acids is 1. The number of aromatic nitrogens is 2. The first-order valence-corrected chi connectivity index (χ1v) is 8.75. The maximum Gasteiger partial charge on any atom is 0.256 e. The molecule has 0 radical (unpaired) electrons. The monoisotopic (exact) mass is 369 g/mol. The standard InChI is InChI=1S/C20H17F2N3O2/c21-15-7-5-13(6-8-15)18-23-19(27-24-18)14-9-11-25(12-10-14)20(26)16-3-1-2-4-17(16)22/h1-8,14H,9-12H2. The van der Waals surface area contributed by atoms with Crippen LogP contribution in [0.4, 0.5) is 8.78 Å². The third-order valence-corrected chi connectivity index (χ3v) is 4.78. The van der Waals surface area contributed by atoms with Crippen LogP contribution in [-0.2, 0) is 0 Å². The normalized spacial score (nSPS) is 15.1. The molecular weight excluding hydrogens is 352 g/mol. The van der Waals surface area contributed by atoms with Crippen molar-refractivity contribution in [3.05, 3.63) is 71.6 Å². The Morgan fingerprint density at radius 1 is 1.04 bits per heavy atom. The maximum atomic E-state index is 13.8. The first-order valence-electron chi connectivity index (χ1n) is 8.75. The van der Waals surface area contributed by atoms with Crippen molar-refractivity contribution in [2.75, 3.05) is 13.1 Å². The second kappa shape index (κ2) is 7.26. The van der Waals surface area contributed by atoms with E-state index in [1.807, 2.05) is 0 Å². The van der Waals surface area contributed by atoms with Gasteiger partial charge in [-0.25, -0.2) is 8.78 Å². The molecule has 1 aliphatic heterocycles. The molecule has 1 aliphatic rings. The SMILES string of the molecule is O=C(c1ccccc1F)N1CCC(c2nc(-c3ccc(F)cc3)no2)CC1. The fraction of sp³-hybridized carbons (Fsp3) is 0.250. The van der Waals surface area contributed by atoms with E-state index in [-0.39, 0.29) is 23.2 Å². The van der Waals surface area contributed by atoms with Gasteiger partial charge in [0.2, 0.25) is 11.7 Å². The smallest absolute Gasteiger partial charge is 0.256 e. The van der Waals surface area contributed by atoms with Gasteiger partial charge in [0.25, 0.3) is 5.91 Å². The van der Waals surface area contributed by atoms with Crippen LogP contribution in [0.2, 0.25) is 0 Å². The average Bonchev–Trinajstić information content (AvgIpc) is 3.19. The number of hydrogen-bond acceptors (Lipinski definition) is 4. The minimum atomic E-state index is -0.509. The fourth-order valence-corrected chi connectivity index (χ4v) is 3.25. The van der Waals surface area contributed by atoms with Gasteiger partial charge in [0.1, 0.15) is 11.6 Å². The van der Waals surface area contributed by atoms with E-state index in [1.165, 1.54) is 24.3 Å². The maximum absolute atomic E-state index is 13.8. The molecule has 7 heteroatoms. The Morgan fingerprint density at radius 3 is 2.44 bits per heavy atom. The third-order valence-electron chi connectivity index (χ3n) is 4.78. The summed E-state index contributed by atoms with van der Waals surface area (Å²) in [5, 5.41) is 3.97. The van der Waals surface area contributed by atoms with Crippen LogP contribution in [0.25, 0.3) is 11.4 Å². The van der Waals surface area contributed by atoms with Crippen LogP contribution in [0.5, 0.6) is 0 Å². The minimum absolute atomic E-state index is 0.0383. The summed E-state index contributed by atoms with van der Waals surface area (Å²) < 4.78 is 32.2. The molecule has 4 rings (SSSR count). The van der Waals surface area contributed by atoms with Crippen LogP contribution in [0.3, 0.4) is 0 Å². The van der Waals surface area contributed by atoms with Gasteiger partial charge >= 0.3 is 0 Å². The lowest BCUT2D eigenvalue weighted by Crippen LogP contribution is -2.38. The Bertz CT molecular complexity index is 948.